The van der Waals surface area contributed by atoms with E-state index in [1.54, 1.807) is 11.8 Å². The summed E-state index contributed by atoms with van der Waals surface area (Å²) in [7, 11) is 0. The van der Waals surface area contributed by atoms with Crippen molar-refractivity contribution in [3.8, 4) is 0 Å². The van der Waals surface area contributed by atoms with Gasteiger partial charge < -0.3 is 0 Å². The van der Waals surface area contributed by atoms with Gasteiger partial charge in [-0.15, -0.1) is 0 Å². The number of aromatic nitrogens is 3. The van der Waals surface area contributed by atoms with Crippen LogP contribution in [-0.4, -0.2) is 20.2 Å². The van der Waals surface area contributed by atoms with Gasteiger partial charge in [-0.1, -0.05) is 31.5 Å². The molecule has 1 aromatic heterocycles. The normalized spacial score (nSPS) is 25.7. The van der Waals surface area contributed by atoms with Crippen molar-refractivity contribution in [3.05, 3.63) is 10.6 Å². The zero-order valence-electron chi connectivity index (χ0n) is 8.99. The van der Waals surface area contributed by atoms with Gasteiger partial charge in [0, 0.05) is 5.25 Å². The zero-order valence-corrected chi connectivity index (χ0v) is 11.3. The second-order valence-corrected chi connectivity index (χ2v) is 6.11. The molecule has 1 fully saturated rings. The summed E-state index contributed by atoms with van der Waals surface area (Å²) >= 11 is 13.1. The Bertz CT molecular complexity index is 355. The van der Waals surface area contributed by atoms with Crippen LogP contribution in [0.15, 0.2) is 5.16 Å². The molecule has 3 nitrogen and oxygen atoms in total. The van der Waals surface area contributed by atoms with Gasteiger partial charge in [-0.25, -0.2) is 0 Å². The lowest BCUT2D eigenvalue weighted by atomic mass is 9.91. The van der Waals surface area contributed by atoms with Crippen molar-refractivity contribution in [1.82, 2.24) is 15.0 Å². The van der Waals surface area contributed by atoms with Gasteiger partial charge in [-0.05, 0) is 42.0 Å². The first-order valence-electron chi connectivity index (χ1n) is 5.37. The highest BCUT2D eigenvalue weighted by Gasteiger charge is 2.21. The molecular weight excluding hydrogens is 265 g/mol. The maximum Gasteiger partial charge on any atom is 0.227 e. The average molecular weight is 278 g/mol. The van der Waals surface area contributed by atoms with Crippen molar-refractivity contribution < 1.29 is 0 Å². The van der Waals surface area contributed by atoms with Gasteiger partial charge in [0.05, 0.1) is 0 Å². The summed E-state index contributed by atoms with van der Waals surface area (Å²) in [5, 5.41) is 1.57. The number of nitrogens with zero attached hydrogens (tertiary/aromatic N) is 3. The fraction of sp³-hybridized carbons (Fsp3) is 0.700. The molecule has 0 aliphatic heterocycles. The van der Waals surface area contributed by atoms with E-state index in [2.05, 4.69) is 21.9 Å². The molecule has 1 saturated carbocycles. The number of hydrogen-bond acceptors (Lipinski definition) is 4. The standard InChI is InChI=1S/C10H13Cl2N3S/c1-6-3-2-4-7(5-6)16-10-14-8(11)13-9(12)15-10/h6-7H,2-5H2,1H3. The van der Waals surface area contributed by atoms with Crippen LogP contribution in [0.4, 0.5) is 0 Å². The van der Waals surface area contributed by atoms with Crippen molar-refractivity contribution in [3.63, 3.8) is 0 Å². The van der Waals surface area contributed by atoms with Gasteiger partial charge in [0.25, 0.3) is 0 Å². The Morgan fingerprint density at radius 2 is 1.81 bits per heavy atom. The summed E-state index contributed by atoms with van der Waals surface area (Å²) in [5.74, 6) is 0.791. The molecule has 88 valence electrons. The molecule has 0 saturated heterocycles. The molecule has 1 aliphatic carbocycles. The van der Waals surface area contributed by atoms with Crippen molar-refractivity contribution in [1.29, 1.82) is 0 Å². The molecule has 1 heterocycles. The van der Waals surface area contributed by atoms with Gasteiger partial charge in [-0.3, -0.25) is 0 Å². The van der Waals surface area contributed by atoms with Crippen LogP contribution in [0.2, 0.25) is 10.6 Å². The third-order valence-corrected chi connectivity index (χ3v) is 4.21. The third kappa shape index (κ3) is 3.47. The van der Waals surface area contributed by atoms with E-state index in [0.717, 1.165) is 5.92 Å². The fourth-order valence-corrected chi connectivity index (χ4v) is 3.75. The third-order valence-electron chi connectivity index (χ3n) is 2.72. The summed E-state index contributed by atoms with van der Waals surface area (Å²) < 4.78 is 0. The van der Waals surface area contributed by atoms with Crippen LogP contribution in [0.3, 0.4) is 0 Å². The number of thioether (sulfide) groups is 1. The van der Waals surface area contributed by atoms with E-state index in [4.69, 9.17) is 23.2 Å². The summed E-state index contributed by atoms with van der Waals surface area (Å²) in [6, 6.07) is 0. The van der Waals surface area contributed by atoms with E-state index < -0.39 is 0 Å². The quantitative estimate of drug-likeness (QED) is 0.823. The lowest BCUT2D eigenvalue weighted by Gasteiger charge is -2.25. The van der Waals surface area contributed by atoms with Crippen molar-refractivity contribution in [2.75, 3.05) is 0 Å². The highest BCUT2D eigenvalue weighted by atomic mass is 35.5. The Morgan fingerprint density at radius 3 is 2.44 bits per heavy atom. The molecule has 0 amide bonds. The Kier molecular flexibility index (Phi) is 4.27. The van der Waals surface area contributed by atoms with E-state index >= 15 is 0 Å². The SMILES string of the molecule is CC1CCCC(Sc2nc(Cl)nc(Cl)n2)C1. The predicted octanol–water partition coefficient (Wildman–Crippen LogP) is 3.85. The number of rotatable bonds is 2. The zero-order chi connectivity index (χ0) is 11.5. The topological polar surface area (TPSA) is 38.7 Å². The van der Waals surface area contributed by atoms with E-state index in [9.17, 15) is 0 Å². The van der Waals surface area contributed by atoms with Crippen molar-refractivity contribution >= 4 is 35.0 Å². The molecule has 0 spiro atoms. The first-order chi connectivity index (χ1) is 7.63. The molecule has 0 radical (unpaired) electrons. The molecule has 0 bridgehead atoms. The van der Waals surface area contributed by atoms with Crippen LogP contribution in [0.1, 0.15) is 32.6 Å². The molecule has 2 atom stereocenters. The average Bonchev–Trinajstić information content (AvgIpc) is 2.15. The minimum Gasteiger partial charge on any atom is -0.192 e. The highest BCUT2D eigenvalue weighted by molar-refractivity contribution is 7.99. The lowest BCUT2D eigenvalue weighted by molar-refractivity contribution is 0.394. The second kappa shape index (κ2) is 5.52. The van der Waals surface area contributed by atoms with Crippen LogP contribution < -0.4 is 0 Å². The Morgan fingerprint density at radius 1 is 1.12 bits per heavy atom. The summed E-state index contributed by atoms with van der Waals surface area (Å²) in [6.07, 6.45) is 5.04. The minimum absolute atomic E-state index is 0.173. The van der Waals surface area contributed by atoms with Gasteiger partial charge in [0.1, 0.15) is 0 Å². The van der Waals surface area contributed by atoms with Crippen LogP contribution in [0, 0.1) is 5.92 Å². The molecule has 1 aliphatic rings. The Balaban J connectivity index is 2.02. The largest absolute Gasteiger partial charge is 0.227 e. The van der Waals surface area contributed by atoms with Crippen LogP contribution in [0.25, 0.3) is 0 Å². The maximum atomic E-state index is 5.74. The number of halogens is 2. The summed E-state index contributed by atoms with van der Waals surface area (Å²) in [4.78, 5) is 11.9. The molecule has 0 N–H and O–H groups in total. The second-order valence-electron chi connectivity index (χ2n) is 4.17. The van der Waals surface area contributed by atoms with Crippen molar-refractivity contribution in [2.24, 2.45) is 5.92 Å². The number of hydrogen-bond donors (Lipinski definition) is 0. The van der Waals surface area contributed by atoms with Crippen LogP contribution >= 0.6 is 35.0 Å². The van der Waals surface area contributed by atoms with Crippen LogP contribution in [0.5, 0.6) is 0 Å². The van der Waals surface area contributed by atoms with E-state index in [1.165, 1.54) is 25.7 Å². The predicted molar refractivity (Wildman–Crippen MR) is 67.1 cm³/mol. The van der Waals surface area contributed by atoms with Gasteiger partial charge in [0.2, 0.25) is 10.6 Å². The monoisotopic (exact) mass is 277 g/mol. The first kappa shape index (κ1) is 12.4. The first-order valence-corrected chi connectivity index (χ1v) is 7.01. The molecule has 1 aromatic rings. The maximum absolute atomic E-state index is 5.74. The smallest absolute Gasteiger partial charge is 0.192 e. The Labute approximate surface area is 109 Å². The summed E-state index contributed by atoms with van der Waals surface area (Å²) in [6.45, 7) is 2.29. The highest BCUT2D eigenvalue weighted by Crippen LogP contribution is 2.34. The molecule has 0 aromatic carbocycles. The molecular formula is C10H13Cl2N3S. The van der Waals surface area contributed by atoms with Crippen molar-refractivity contribution in [2.45, 2.75) is 43.0 Å². The fourth-order valence-electron chi connectivity index (χ4n) is 2.00. The van der Waals surface area contributed by atoms with E-state index in [0.29, 0.717) is 10.4 Å². The van der Waals surface area contributed by atoms with Gasteiger partial charge in [0.15, 0.2) is 5.16 Å². The van der Waals surface area contributed by atoms with E-state index in [1.807, 2.05) is 0 Å². The lowest BCUT2D eigenvalue weighted by Crippen LogP contribution is -2.15. The van der Waals surface area contributed by atoms with Gasteiger partial charge >= 0.3 is 0 Å². The van der Waals surface area contributed by atoms with E-state index in [-0.39, 0.29) is 10.6 Å². The molecule has 16 heavy (non-hydrogen) atoms. The molecule has 2 unspecified atom stereocenters. The van der Waals surface area contributed by atoms with Crippen LogP contribution in [-0.2, 0) is 0 Å². The molecule has 6 heteroatoms. The van der Waals surface area contributed by atoms with Gasteiger partial charge in [-0.2, -0.15) is 15.0 Å². The minimum atomic E-state index is 0.173. The molecule has 2 rings (SSSR count). The summed E-state index contributed by atoms with van der Waals surface area (Å²) in [5.41, 5.74) is 0. The Hall–Kier alpha value is -0.0600.